The number of fused-ring (bicyclic) bond motifs is 2. The number of anilines is 1. The summed E-state index contributed by atoms with van der Waals surface area (Å²) in [5.74, 6) is 0. The molecule has 0 fully saturated rings. The summed E-state index contributed by atoms with van der Waals surface area (Å²) in [6, 6.07) is 11.6. The Morgan fingerprint density at radius 1 is 1.22 bits per heavy atom. The van der Waals surface area contributed by atoms with Gasteiger partial charge in [0.1, 0.15) is 6.04 Å². The van der Waals surface area contributed by atoms with E-state index >= 15 is 0 Å². The van der Waals surface area contributed by atoms with Gasteiger partial charge >= 0.3 is 0 Å². The maximum absolute atomic E-state index is 9.62. The maximum atomic E-state index is 9.62. The van der Waals surface area contributed by atoms with E-state index < -0.39 is 6.04 Å². The van der Waals surface area contributed by atoms with Crippen molar-refractivity contribution >= 4 is 28.2 Å². The van der Waals surface area contributed by atoms with Crippen molar-refractivity contribution in [2.75, 3.05) is 5.32 Å². The van der Waals surface area contributed by atoms with E-state index in [0.29, 0.717) is 5.02 Å². The van der Waals surface area contributed by atoms with Gasteiger partial charge in [0.2, 0.25) is 0 Å². The zero-order valence-electron chi connectivity index (χ0n) is 12.2. The van der Waals surface area contributed by atoms with Crippen molar-refractivity contribution in [2.24, 2.45) is 0 Å². The number of aromatic nitrogens is 2. The molecule has 0 unspecified atom stereocenters. The summed E-state index contributed by atoms with van der Waals surface area (Å²) in [6.07, 6.45) is 1.72. The third-order valence-corrected chi connectivity index (χ3v) is 4.36. The highest BCUT2D eigenvalue weighted by atomic mass is 35.5. The first kappa shape index (κ1) is 14.1. The van der Waals surface area contributed by atoms with Gasteiger partial charge in [-0.25, -0.2) is 0 Å². The Labute approximate surface area is 138 Å². The van der Waals surface area contributed by atoms with Gasteiger partial charge in [-0.05, 0) is 35.4 Å². The van der Waals surface area contributed by atoms with Gasteiger partial charge in [-0.15, -0.1) is 0 Å². The quantitative estimate of drug-likeness (QED) is 0.689. The smallest absolute Gasteiger partial charge is 0.141 e. The van der Waals surface area contributed by atoms with E-state index in [2.05, 4.69) is 39.0 Å². The van der Waals surface area contributed by atoms with Crippen LogP contribution in [-0.4, -0.2) is 10.2 Å². The third-order valence-electron chi connectivity index (χ3n) is 4.14. The van der Waals surface area contributed by atoms with Crippen molar-refractivity contribution in [1.29, 1.82) is 5.26 Å². The van der Waals surface area contributed by atoms with Crippen molar-refractivity contribution in [2.45, 2.75) is 19.1 Å². The molecule has 0 aliphatic carbocycles. The topological polar surface area (TPSA) is 76.5 Å². The van der Waals surface area contributed by atoms with Crippen LogP contribution in [0.25, 0.3) is 10.9 Å². The molecule has 0 amide bonds. The summed E-state index contributed by atoms with van der Waals surface area (Å²) < 4.78 is 0. The molecule has 3 N–H and O–H groups in total. The highest BCUT2D eigenvalue weighted by molar-refractivity contribution is 6.31. The van der Waals surface area contributed by atoms with Crippen LogP contribution in [-0.2, 0) is 13.1 Å². The van der Waals surface area contributed by atoms with Crippen LogP contribution in [0, 0.1) is 11.3 Å². The first-order valence-electron chi connectivity index (χ1n) is 7.36. The second kappa shape index (κ2) is 5.58. The molecule has 2 aromatic carbocycles. The molecule has 0 saturated heterocycles. The average Bonchev–Trinajstić information content (AvgIpc) is 3.19. The minimum Gasteiger partial charge on any atom is -0.366 e. The van der Waals surface area contributed by atoms with Crippen LogP contribution in [0.5, 0.6) is 0 Å². The van der Waals surface area contributed by atoms with Crippen LogP contribution in [0.2, 0.25) is 5.02 Å². The molecule has 1 aromatic heterocycles. The fourth-order valence-electron chi connectivity index (χ4n) is 3.01. The summed E-state index contributed by atoms with van der Waals surface area (Å²) in [7, 11) is 0. The summed E-state index contributed by atoms with van der Waals surface area (Å²) >= 11 is 6.17. The van der Waals surface area contributed by atoms with Crippen LogP contribution < -0.4 is 10.6 Å². The van der Waals surface area contributed by atoms with Gasteiger partial charge in [0.25, 0.3) is 0 Å². The number of halogens is 1. The molecule has 3 aromatic rings. The van der Waals surface area contributed by atoms with Crippen molar-refractivity contribution in [1.82, 2.24) is 15.5 Å². The molecule has 0 saturated carbocycles. The molecule has 1 aliphatic heterocycles. The second-order valence-electron chi connectivity index (χ2n) is 5.62. The van der Waals surface area contributed by atoms with Crippen LogP contribution in [0.1, 0.15) is 22.7 Å². The third kappa shape index (κ3) is 2.52. The second-order valence-corrected chi connectivity index (χ2v) is 6.06. The molecule has 4 rings (SSSR count). The highest BCUT2D eigenvalue weighted by Gasteiger charge is 2.17. The van der Waals surface area contributed by atoms with Gasteiger partial charge in [-0.1, -0.05) is 17.7 Å². The summed E-state index contributed by atoms with van der Waals surface area (Å²) in [4.78, 5) is 0. The Balaban J connectivity index is 1.71. The molecule has 6 heteroatoms. The Morgan fingerprint density at radius 3 is 2.96 bits per heavy atom. The maximum Gasteiger partial charge on any atom is 0.141 e. The van der Waals surface area contributed by atoms with E-state index in [1.807, 2.05) is 18.2 Å². The van der Waals surface area contributed by atoms with E-state index in [4.69, 9.17) is 11.6 Å². The van der Waals surface area contributed by atoms with Crippen LogP contribution in [0.15, 0.2) is 36.5 Å². The van der Waals surface area contributed by atoms with E-state index in [-0.39, 0.29) is 0 Å². The number of rotatable bonds is 3. The summed E-state index contributed by atoms with van der Waals surface area (Å²) in [5, 5.41) is 24.7. The fourth-order valence-corrected chi connectivity index (χ4v) is 3.24. The SMILES string of the molecule is N#C[C@H](Nc1ccc2c(c1)CNC2)c1cc(Cl)cc2[nH]ncc12. The van der Waals surface area contributed by atoms with Gasteiger partial charge in [0.15, 0.2) is 0 Å². The zero-order valence-corrected chi connectivity index (χ0v) is 13.0. The molecular weight excluding hydrogens is 310 g/mol. The predicted molar refractivity (Wildman–Crippen MR) is 90.1 cm³/mol. The monoisotopic (exact) mass is 323 g/mol. The molecule has 23 heavy (non-hydrogen) atoms. The number of hydrogen-bond donors (Lipinski definition) is 3. The minimum absolute atomic E-state index is 0.499. The lowest BCUT2D eigenvalue weighted by Crippen LogP contribution is -2.09. The Morgan fingerprint density at radius 2 is 2.09 bits per heavy atom. The molecule has 0 radical (unpaired) electrons. The Hall–Kier alpha value is -2.55. The molecule has 5 nitrogen and oxygen atoms in total. The number of nitrogens with one attached hydrogen (secondary N) is 3. The molecule has 0 spiro atoms. The molecule has 1 aliphatic rings. The van der Waals surface area contributed by atoms with Crippen LogP contribution >= 0.6 is 11.6 Å². The number of H-pyrrole nitrogens is 1. The number of benzene rings is 2. The summed E-state index contributed by atoms with van der Waals surface area (Å²) in [6.45, 7) is 1.77. The van der Waals surface area contributed by atoms with E-state index in [0.717, 1.165) is 35.2 Å². The lowest BCUT2D eigenvalue weighted by atomic mass is 10.0. The van der Waals surface area contributed by atoms with Gasteiger partial charge < -0.3 is 10.6 Å². The lowest BCUT2D eigenvalue weighted by molar-refractivity contribution is 0.765. The van der Waals surface area contributed by atoms with E-state index in [1.54, 1.807) is 6.20 Å². The fraction of sp³-hybridized carbons (Fsp3) is 0.176. The lowest BCUT2D eigenvalue weighted by Gasteiger charge is -2.15. The number of aromatic amines is 1. The number of hydrogen-bond acceptors (Lipinski definition) is 4. The first-order chi connectivity index (χ1) is 11.2. The highest BCUT2D eigenvalue weighted by Crippen LogP contribution is 2.30. The summed E-state index contributed by atoms with van der Waals surface area (Å²) in [5.41, 5.74) is 5.15. The van der Waals surface area contributed by atoms with Crippen molar-refractivity contribution < 1.29 is 0 Å². The normalized spacial score (nSPS) is 14.4. The molecule has 2 heterocycles. The molecular formula is C17H14ClN5. The van der Waals surface area contributed by atoms with Gasteiger partial charge in [-0.3, -0.25) is 5.10 Å². The van der Waals surface area contributed by atoms with Gasteiger partial charge in [-0.2, -0.15) is 10.4 Å². The molecule has 0 bridgehead atoms. The number of nitrogens with zero attached hydrogens (tertiary/aromatic N) is 2. The van der Waals surface area contributed by atoms with Crippen molar-refractivity contribution in [3.63, 3.8) is 0 Å². The Kier molecular flexibility index (Phi) is 3.41. The zero-order chi connectivity index (χ0) is 15.8. The Bertz CT molecular complexity index is 924. The van der Waals surface area contributed by atoms with E-state index in [9.17, 15) is 5.26 Å². The first-order valence-corrected chi connectivity index (χ1v) is 7.73. The molecule has 1 atom stereocenters. The largest absolute Gasteiger partial charge is 0.366 e. The van der Waals surface area contributed by atoms with Crippen LogP contribution in [0.4, 0.5) is 5.69 Å². The number of nitriles is 1. The van der Waals surface area contributed by atoms with Crippen molar-refractivity contribution in [3.8, 4) is 6.07 Å². The predicted octanol–water partition coefficient (Wildman–Crippen LogP) is 3.50. The van der Waals surface area contributed by atoms with E-state index in [1.165, 1.54) is 11.1 Å². The average molecular weight is 324 g/mol. The standard InChI is InChI=1S/C17H14ClN5/c18-12-4-14(15-9-21-23-16(15)5-12)17(6-19)22-13-2-1-10-7-20-8-11(10)3-13/h1-5,9,17,20,22H,7-8H2,(H,21,23)/t17-/m0/s1. The minimum atomic E-state index is -0.499. The molecule has 114 valence electrons. The van der Waals surface area contributed by atoms with Crippen molar-refractivity contribution in [3.05, 3.63) is 58.2 Å². The van der Waals surface area contributed by atoms with Gasteiger partial charge in [0.05, 0.1) is 17.8 Å². The van der Waals surface area contributed by atoms with Crippen LogP contribution in [0.3, 0.4) is 0 Å². The van der Waals surface area contributed by atoms with Gasteiger partial charge in [0, 0.05) is 34.7 Å².